The number of hydrogen-bond acceptors (Lipinski definition) is 4. The molecule has 1 fully saturated rings. The molecule has 0 aliphatic carbocycles. The van der Waals surface area contributed by atoms with E-state index in [1.54, 1.807) is 0 Å². The normalized spacial score (nSPS) is 25.0. The molecular weight excluding hydrogens is 217 g/mol. The molecule has 2 aliphatic rings. The second kappa shape index (κ2) is 4.78. The van der Waals surface area contributed by atoms with Gasteiger partial charge < -0.3 is 14.4 Å². The Hall–Kier alpha value is -0.875. The Morgan fingerprint density at radius 1 is 1.29 bits per heavy atom. The molecule has 2 heterocycles. The number of rotatable bonds is 2. The molecule has 0 bridgehead atoms. The summed E-state index contributed by atoms with van der Waals surface area (Å²) in [5.41, 5.74) is 2.03. The molecule has 1 unspecified atom stereocenters. The number of morpholine rings is 1. The van der Waals surface area contributed by atoms with E-state index >= 15 is 0 Å². The second-order valence-corrected chi connectivity index (χ2v) is 4.52. The van der Waals surface area contributed by atoms with E-state index < -0.39 is 7.12 Å². The lowest BCUT2D eigenvalue weighted by Gasteiger charge is -2.29. The van der Waals surface area contributed by atoms with Crippen molar-refractivity contribution in [2.45, 2.75) is 6.10 Å². The van der Waals surface area contributed by atoms with Gasteiger partial charge in [-0.2, -0.15) is 0 Å². The van der Waals surface area contributed by atoms with Crippen LogP contribution in [0.25, 0.3) is 0 Å². The van der Waals surface area contributed by atoms with E-state index in [1.165, 1.54) is 0 Å². The first kappa shape index (κ1) is 11.2. The van der Waals surface area contributed by atoms with Gasteiger partial charge in [0.25, 0.3) is 0 Å². The number of hydrogen-bond donors (Lipinski definition) is 1. The molecule has 1 aromatic carbocycles. The van der Waals surface area contributed by atoms with Gasteiger partial charge in [-0.1, -0.05) is 24.3 Å². The smallest absolute Gasteiger partial charge is 0.423 e. The standard InChI is InChI=1S/C12H16BNO3/c15-13-11-4-2-1-3-10(11)12(17-13)9-14-5-7-16-8-6-14/h1-4,12,15H,5-9H2. The van der Waals surface area contributed by atoms with Crippen LogP contribution in [0.1, 0.15) is 11.7 Å². The largest absolute Gasteiger partial charge is 0.492 e. The molecule has 1 atom stereocenters. The molecule has 4 nitrogen and oxygen atoms in total. The van der Waals surface area contributed by atoms with Crippen molar-refractivity contribution in [1.82, 2.24) is 4.90 Å². The van der Waals surface area contributed by atoms with Gasteiger partial charge in [0.1, 0.15) is 0 Å². The summed E-state index contributed by atoms with van der Waals surface area (Å²) in [5.74, 6) is 0. The minimum Gasteiger partial charge on any atom is -0.423 e. The number of fused-ring (bicyclic) bond motifs is 1. The zero-order valence-electron chi connectivity index (χ0n) is 9.71. The molecule has 1 aromatic rings. The molecule has 17 heavy (non-hydrogen) atoms. The van der Waals surface area contributed by atoms with E-state index in [1.807, 2.05) is 24.3 Å². The van der Waals surface area contributed by atoms with Gasteiger partial charge in [0, 0.05) is 19.6 Å². The molecule has 1 N–H and O–H groups in total. The lowest BCUT2D eigenvalue weighted by molar-refractivity contribution is 0.0183. The first-order valence-corrected chi connectivity index (χ1v) is 6.07. The van der Waals surface area contributed by atoms with Crippen molar-refractivity contribution in [2.75, 3.05) is 32.8 Å². The van der Waals surface area contributed by atoms with Gasteiger partial charge in [0.05, 0.1) is 19.3 Å². The van der Waals surface area contributed by atoms with Crippen LogP contribution >= 0.6 is 0 Å². The summed E-state index contributed by atoms with van der Waals surface area (Å²) in [6.07, 6.45) is -0.0145. The van der Waals surface area contributed by atoms with Crippen molar-refractivity contribution in [2.24, 2.45) is 0 Å². The quantitative estimate of drug-likeness (QED) is 0.717. The molecule has 2 aliphatic heterocycles. The van der Waals surface area contributed by atoms with Gasteiger partial charge in [-0.05, 0) is 11.0 Å². The molecule has 90 valence electrons. The summed E-state index contributed by atoms with van der Waals surface area (Å²) in [6.45, 7) is 4.29. The first-order chi connectivity index (χ1) is 8.34. The maximum Gasteiger partial charge on any atom is 0.492 e. The van der Waals surface area contributed by atoms with E-state index in [9.17, 15) is 5.02 Å². The van der Waals surface area contributed by atoms with Crippen molar-refractivity contribution < 1.29 is 14.4 Å². The molecule has 0 saturated carbocycles. The molecule has 0 spiro atoms. The lowest BCUT2D eigenvalue weighted by Crippen LogP contribution is -2.39. The highest BCUT2D eigenvalue weighted by Gasteiger charge is 2.35. The fourth-order valence-corrected chi connectivity index (χ4v) is 2.49. The molecule has 1 saturated heterocycles. The summed E-state index contributed by atoms with van der Waals surface area (Å²) < 4.78 is 10.9. The Balaban J connectivity index is 1.72. The van der Waals surface area contributed by atoms with Crippen LogP contribution < -0.4 is 5.46 Å². The maximum atomic E-state index is 9.82. The molecular formula is C12H16BNO3. The maximum absolute atomic E-state index is 9.82. The summed E-state index contributed by atoms with van der Waals surface area (Å²) in [6, 6.07) is 7.89. The highest BCUT2D eigenvalue weighted by Crippen LogP contribution is 2.24. The summed E-state index contributed by atoms with van der Waals surface area (Å²) in [5, 5.41) is 9.82. The summed E-state index contributed by atoms with van der Waals surface area (Å²) in [4.78, 5) is 2.32. The van der Waals surface area contributed by atoms with Crippen LogP contribution in [0.2, 0.25) is 0 Å². The van der Waals surface area contributed by atoms with E-state index in [-0.39, 0.29) is 6.10 Å². The van der Waals surface area contributed by atoms with Crippen LogP contribution in [-0.4, -0.2) is 49.9 Å². The Morgan fingerprint density at radius 2 is 2.06 bits per heavy atom. The first-order valence-electron chi connectivity index (χ1n) is 6.07. The molecule has 0 radical (unpaired) electrons. The Bertz CT molecular complexity index is 395. The van der Waals surface area contributed by atoms with Crippen molar-refractivity contribution in [3.8, 4) is 0 Å². The topological polar surface area (TPSA) is 41.9 Å². The van der Waals surface area contributed by atoms with Crippen LogP contribution in [-0.2, 0) is 9.39 Å². The predicted octanol–water partition coefficient (Wildman–Crippen LogP) is -0.222. The monoisotopic (exact) mass is 233 g/mol. The highest BCUT2D eigenvalue weighted by atomic mass is 16.5. The zero-order valence-corrected chi connectivity index (χ0v) is 9.71. The SMILES string of the molecule is OB1OC(CN2CCOCC2)c2ccccc21. The average Bonchev–Trinajstić information content (AvgIpc) is 2.69. The minimum absolute atomic E-state index is 0.0145. The fourth-order valence-electron chi connectivity index (χ4n) is 2.49. The van der Waals surface area contributed by atoms with Gasteiger partial charge in [0.15, 0.2) is 0 Å². The second-order valence-electron chi connectivity index (χ2n) is 4.52. The molecule has 0 amide bonds. The Morgan fingerprint density at radius 3 is 2.88 bits per heavy atom. The molecule has 5 heteroatoms. The van der Waals surface area contributed by atoms with Crippen LogP contribution in [0.3, 0.4) is 0 Å². The third kappa shape index (κ3) is 2.24. The van der Waals surface area contributed by atoms with Crippen LogP contribution in [0.15, 0.2) is 24.3 Å². The van der Waals surface area contributed by atoms with Crippen LogP contribution in [0.5, 0.6) is 0 Å². The minimum atomic E-state index is -0.766. The van der Waals surface area contributed by atoms with E-state index in [2.05, 4.69) is 4.90 Å². The molecule has 3 rings (SSSR count). The van der Waals surface area contributed by atoms with Crippen LogP contribution in [0, 0.1) is 0 Å². The fraction of sp³-hybridized carbons (Fsp3) is 0.500. The van der Waals surface area contributed by atoms with Gasteiger partial charge in [0.2, 0.25) is 0 Å². The number of benzene rings is 1. The van der Waals surface area contributed by atoms with E-state index in [0.717, 1.165) is 43.9 Å². The third-order valence-electron chi connectivity index (χ3n) is 3.43. The van der Waals surface area contributed by atoms with Gasteiger partial charge in [-0.25, -0.2) is 0 Å². The summed E-state index contributed by atoms with van der Waals surface area (Å²) in [7, 11) is -0.766. The van der Waals surface area contributed by atoms with Crippen LogP contribution in [0.4, 0.5) is 0 Å². The molecule has 0 aromatic heterocycles. The number of ether oxygens (including phenoxy) is 1. The van der Waals surface area contributed by atoms with E-state index in [4.69, 9.17) is 9.39 Å². The van der Waals surface area contributed by atoms with Crippen molar-refractivity contribution in [3.05, 3.63) is 29.8 Å². The van der Waals surface area contributed by atoms with Gasteiger partial charge >= 0.3 is 7.12 Å². The Kier molecular flexibility index (Phi) is 3.16. The zero-order chi connectivity index (χ0) is 11.7. The average molecular weight is 233 g/mol. The van der Waals surface area contributed by atoms with Gasteiger partial charge in [-0.3, -0.25) is 4.90 Å². The van der Waals surface area contributed by atoms with Crippen molar-refractivity contribution >= 4 is 12.6 Å². The highest BCUT2D eigenvalue weighted by molar-refractivity contribution is 6.61. The van der Waals surface area contributed by atoms with Gasteiger partial charge in [-0.15, -0.1) is 0 Å². The third-order valence-corrected chi connectivity index (χ3v) is 3.43. The Labute approximate surface area is 101 Å². The number of nitrogens with zero attached hydrogens (tertiary/aromatic N) is 1. The van der Waals surface area contributed by atoms with Crippen molar-refractivity contribution in [3.63, 3.8) is 0 Å². The van der Waals surface area contributed by atoms with Crippen molar-refractivity contribution in [1.29, 1.82) is 0 Å². The predicted molar refractivity (Wildman–Crippen MR) is 65.1 cm³/mol. The summed E-state index contributed by atoms with van der Waals surface area (Å²) >= 11 is 0. The lowest BCUT2D eigenvalue weighted by atomic mass is 9.79. The van der Waals surface area contributed by atoms with E-state index in [0.29, 0.717) is 0 Å².